The summed E-state index contributed by atoms with van der Waals surface area (Å²) in [6, 6.07) is 11.2. The quantitative estimate of drug-likeness (QED) is 0.314. The number of para-hydroxylation sites is 1. The fourth-order valence-corrected chi connectivity index (χ4v) is 4.04. The van der Waals surface area contributed by atoms with Crippen molar-refractivity contribution in [1.82, 2.24) is 19.5 Å². The van der Waals surface area contributed by atoms with Gasteiger partial charge in [-0.2, -0.15) is 0 Å². The standard InChI is InChI=1S/C22H17ClFN5O3S/c1-32-17-5-3-2-4-13(17)11-29-21(31)19-20(26-9-8-25-19)28-22(29)33-12-18(30)27-16-7-6-14(23)10-15(16)24/h2-10H,11-12H2,1H3,(H,27,30). The molecule has 0 fully saturated rings. The van der Waals surface area contributed by atoms with Crippen LogP contribution in [0.15, 0.2) is 64.8 Å². The molecule has 168 valence electrons. The number of nitrogens with one attached hydrogen (secondary N) is 1. The molecule has 0 bridgehead atoms. The normalized spacial score (nSPS) is 10.9. The van der Waals surface area contributed by atoms with Crippen molar-refractivity contribution < 1.29 is 13.9 Å². The Morgan fingerprint density at radius 3 is 2.79 bits per heavy atom. The minimum absolute atomic E-state index is 0.00810. The van der Waals surface area contributed by atoms with Crippen LogP contribution in [-0.2, 0) is 11.3 Å². The Morgan fingerprint density at radius 2 is 2.00 bits per heavy atom. The molecule has 2 aromatic heterocycles. The summed E-state index contributed by atoms with van der Waals surface area (Å²) < 4.78 is 20.8. The number of amides is 1. The summed E-state index contributed by atoms with van der Waals surface area (Å²) in [5, 5.41) is 2.98. The van der Waals surface area contributed by atoms with E-state index >= 15 is 0 Å². The Hall–Kier alpha value is -3.50. The third kappa shape index (κ3) is 5.12. The fraction of sp³-hybridized carbons (Fsp3) is 0.136. The fourth-order valence-electron chi connectivity index (χ4n) is 3.09. The van der Waals surface area contributed by atoms with Crippen LogP contribution in [0.4, 0.5) is 10.1 Å². The maximum Gasteiger partial charge on any atom is 0.282 e. The molecule has 0 aliphatic heterocycles. The average molecular weight is 486 g/mol. The lowest BCUT2D eigenvalue weighted by atomic mass is 10.2. The molecule has 0 aliphatic rings. The van der Waals surface area contributed by atoms with Crippen LogP contribution < -0.4 is 15.6 Å². The SMILES string of the molecule is COc1ccccc1Cn1c(SCC(=O)Nc2ccc(Cl)cc2F)nc2nccnc2c1=O. The summed E-state index contributed by atoms with van der Waals surface area (Å²) in [7, 11) is 1.54. The van der Waals surface area contributed by atoms with E-state index in [1.54, 1.807) is 13.2 Å². The number of rotatable bonds is 7. The van der Waals surface area contributed by atoms with Gasteiger partial charge in [-0.15, -0.1) is 0 Å². The van der Waals surface area contributed by atoms with Crippen LogP contribution in [0.25, 0.3) is 11.2 Å². The Balaban J connectivity index is 1.63. The lowest BCUT2D eigenvalue weighted by Crippen LogP contribution is -2.26. The third-order valence-electron chi connectivity index (χ3n) is 4.62. The molecule has 0 unspecified atom stereocenters. The summed E-state index contributed by atoms with van der Waals surface area (Å²) >= 11 is 6.77. The molecule has 1 N–H and O–H groups in total. The van der Waals surface area contributed by atoms with Crippen LogP contribution in [0.5, 0.6) is 5.75 Å². The van der Waals surface area contributed by atoms with Crippen molar-refractivity contribution in [3.05, 3.63) is 81.6 Å². The Bertz CT molecular complexity index is 1400. The first kappa shape index (κ1) is 22.7. The predicted molar refractivity (Wildman–Crippen MR) is 124 cm³/mol. The van der Waals surface area contributed by atoms with Gasteiger partial charge in [0.15, 0.2) is 16.3 Å². The minimum atomic E-state index is -0.645. The number of anilines is 1. The van der Waals surface area contributed by atoms with E-state index in [9.17, 15) is 14.0 Å². The van der Waals surface area contributed by atoms with Gasteiger partial charge in [0.05, 0.1) is 25.1 Å². The number of fused-ring (bicyclic) bond motifs is 1. The zero-order valence-corrected chi connectivity index (χ0v) is 18.9. The molecule has 0 saturated carbocycles. The van der Waals surface area contributed by atoms with Crippen LogP contribution in [0, 0.1) is 5.82 Å². The number of carbonyl (C=O) groups excluding carboxylic acids is 1. The molecule has 0 spiro atoms. The summed E-state index contributed by atoms with van der Waals surface area (Å²) in [4.78, 5) is 38.3. The highest BCUT2D eigenvalue weighted by Gasteiger charge is 2.17. The van der Waals surface area contributed by atoms with Crippen molar-refractivity contribution in [3.63, 3.8) is 0 Å². The van der Waals surface area contributed by atoms with E-state index in [1.807, 2.05) is 18.2 Å². The second-order valence-corrected chi connectivity index (χ2v) is 8.17. The second kappa shape index (κ2) is 9.97. The maximum absolute atomic E-state index is 14.0. The van der Waals surface area contributed by atoms with E-state index < -0.39 is 17.3 Å². The van der Waals surface area contributed by atoms with E-state index in [1.165, 1.54) is 29.1 Å². The maximum atomic E-state index is 14.0. The number of nitrogens with zero attached hydrogens (tertiary/aromatic N) is 4. The molecule has 2 aromatic carbocycles. The monoisotopic (exact) mass is 485 g/mol. The summed E-state index contributed by atoms with van der Waals surface area (Å²) in [5.41, 5.74) is 0.649. The van der Waals surface area contributed by atoms with Gasteiger partial charge in [-0.05, 0) is 24.3 Å². The van der Waals surface area contributed by atoms with Gasteiger partial charge in [0.2, 0.25) is 5.91 Å². The second-order valence-electron chi connectivity index (χ2n) is 6.79. The smallest absolute Gasteiger partial charge is 0.282 e. The van der Waals surface area contributed by atoms with Gasteiger partial charge in [0.25, 0.3) is 5.56 Å². The van der Waals surface area contributed by atoms with Crippen LogP contribution >= 0.6 is 23.4 Å². The summed E-state index contributed by atoms with van der Waals surface area (Å²) in [6.07, 6.45) is 2.85. The van der Waals surface area contributed by atoms with Crippen LogP contribution in [0.3, 0.4) is 0 Å². The average Bonchev–Trinajstić information content (AvgIpc) is 2.82. The van der Waals surface area contributed by atoms with Crippen molar-refractivity contribution in [2.45, 2.75) is 11.7 Å². The van der Waals surface area contributed by atoms with Crippen molar-refractivity contribution in [3.8, 4) is 5.75 Å². The Labute approximate surface area is 196 Å². The number of hydrogen-bond acceptors (Lipinski definition) is 7. The van der Waals surface area contributed by atoms with Crippen molar-refractivity contribution in [2.75, 3.05) is 18.2 Å². The number of methoxy groups -OCH3 is 1. The number of benzene rings is 2. The van der Waals surface area contributed by atoms with E-state index in [0.717, 1.165) is 23.4 Å². The molecule has 8 nitrogen and oxygen atoms in total. The molecular formula is C22H17ClFN5O3S. The van der Waals surface area contributed by atoms with Crippen LogP contribution in [0.1, 0.15) is 5.56 Å². The highest BCUT2D eigenvalue weighted by atomic mass is 35.5. The third-order valence-corrected chi connectivity index (χ3v) is 5.83. The van der Waals surface area contributed by atoms with Crippen molar-refractivity contribution in [1.29, 1.82) is 0 Å². The van der Waals surface area contributed by atoms with Gasteiger partial charge in [-0.1, -0.05) is 41.6 Å². The van der Waals surface area contributed by atoms with E-state index in [-0.39, 0.29) is 39.3 Å². The molecule has 4 rings (SSSR count). The first-order chi connectivity index (χ1) is 16.0. The molecule has 0 saturated heterocycles. The number of ether oxygens (including phenoxy) is 1. The van der Waals surface area contributed by atoms with E-state index in [4.69, 9.17) is 16.3 Å². The molecular weight excluding hydrogens is 469 g/mol. The molecule has 1 amide bonds. The largest absolute Gasteiger partial charge is 0.496 e. The van der Waals surface area contributed by atoms with E-state index in [2.05, 4.69) is 20.3 Å². The number of halogens is 2. The molecule has 0 aliphatic carbocycles. The zero-order chi connectivity index (χ0) is 23.4. The van der Waals surface area contributed by atoms with E-state index in [0.29, 0.717) is 5.75 Å². The van der Waals surface area contributed by atoms with Gasteiger partial charge in [-0.3, -0.25) is 14.2 Å². The molecule has 33 heavy (non-hydrogen) atoms. The van der Waals surface area contributed by atoms with Gasteiger partial charge in [0.1, 0.15) is 11.6 Å². The van der Waals surface area contributed by atoms with Gasteiger partial charge < -0.3 is 10.1 Å². The molecule has 0 atom stereocenters. The van der Waals surface area contributed by atoms with Gasteiger partial charge in [-0.25, -0.2) is 19.3 Å². The molecule has 4 aromatic rings. The first-order valence-corrected chi connectivity index (χ1v) is 11.0. The lowest BCUT2D eigenvalue weighted by molar-refractivity contribution is -0.113. The number of hydrogen-bond donors (Lipinski definition) is 1. The Kier molecular flexibility index (Phi) is 6.85. The highest BCUT2D eigenvalue weighted by Crippen LogP contribution is 2.23. The molecule has 0 radical (unpaired) electrons. The minimum Gasteiger partial charge on any atom is -0.496 e. The highest BCUT2D eigenvalue weighted by molar-refractivity contribution is 7.99. The summed E-state index contributed by atoms with van der Waals surface area (Å²) in [5.74, 6) is -0.631. The van der Waals surface area contributed by atoms with Crippen molar-refractivity contribution >= 4 is 46.1 Å². The van der Waals surface area contributed by atoms with Gasteiger partial charge in [0, 0.05) is 23.0 Å². The Morgan fingerprint density at radius 1 is 1.21 bits per heavy atom. The molecule has 11 heteroatoms. The van der Waals surface area contributed by atoms with Crippen LogP contribution in [0.2, 0.25) is 5.02 Å². The first-order valence-electron chi connectivity index (χ1n) is 9.67. The van der Waals surface area contributed by atoms with Crippen LogP contribution in [-0.4, -0.2) is 38.3 Å². The van der Waals surface area contributed by atoms with Crippen molar-refractivity contribution in [2.24, 2.45) is 0 Å². The van der Waals surface area contributed by atoms with Gasteiger partial charge >= 0.3 is 0 Å². The lowest BCUT2D eigenvalue weighted by Gasteiger charge is -2.14. The summed E-state index contributed by atoms with van der Waals surface area (Å²) in [6.45, 7) is 0.151. The predicted octanol–water partition coefficient (Wildman–Crippen LogP) is 3.77. The number of thioether (sulfide) groups is 1. The molecule has 2 heterocycles. The topological polar surface area (TPSA) is 99.0 Å². The number of carbonyl (C=O) groups is 1. The number of aromatic nitrogens is 4. The zero-order valence-electron chi connectivity index (χ0n) is 17.3.